The van der Waals surface area contributed by atoms with Gasteiger partial charge in [-0.25, -0.2) is 0 Å². The van der Waals surface area contributed by atoms with Gasteiger partial charge in [-0.2, -0.15) is 0 Å². The van der Waals surface area contributed by atoms with Gasteiger partial charge in [0.2, 0.25) is 0 Å². The number of hydrogen-bond acceptors (Lipinski definition) is 3. The third-order valence-electron chi connectivity index (χ3n) is 3.12. The van der Waals surface area contributed by atoms with Gasteiger partial charge in [-0.3, -0.25) is 4.99 Å². The Balaban J connectivity index is 0.00000529. The van der Waals surface area contributed by atoms with E-state index in [-0.39, 0.29) is 24.0 Å². The summed E-state index contributed by atoms with van der Waals surface area (Å²) in [6, 6.07) is 6.04. The lowest BCUT2D eigenvalue weighted by atomic mass is 10.1. The summed E-state index contributed by atoms with van der Waals surface area (Å²) in [4.78, 5) is 4.50. The van der Waals surface area contributed by atoms with Crippen LogP contribution >= 0.6 is 24.0 Å². The van der Waals surface area contributed by atoms with Crippen LogP contribution in [0.2, 0.25) is 0 Å². The highest BCUT2D eigenvalue weighted by molar-refractivity contribution is 14.0. The Morgan fingerprint density at radius 3 is 2.67 bits per heavy atom. The lowest BCUT2D eigenvalue weighted by Gasteiger charge is -2.11. The summed E-state index contributed by atoms with van der Waals surface area (Å²) in [6.07, 6.45) is 7.13. The summed E-state index contributed by atoms with van der Waals surface area (Å²) >= 11 is 0. The van der Waals surface area contributed by atoms with Gasteiger partial charge in [0.25, 0.3) is 0 Å². The number of rotatable bonds is 9. The van der Waals surface area contributed by atoms with E-state index in [2.05, 4.69) is 27.6 Å². The van der Waals surface area contributed by atoms with Crippen LogP contribution in [-0.4, -0.2) is 39.3 Å². The predicted octanol–water partition coefficient (Wildman–Crippen LogP) is 2.83. The number of aliphatic imine (C=N–C) groups is 1. The van der Waals surface area contributed by atoms with Gasteiger partial charge in [-0.1, -0.05) is 12.0 Å². The van der Waals surface area contributed by atoms with Gasteiger partial charge in [0.05, 0.1) is 20.3 Å². The minimum Gasteiger partial charge on any atom is -0.493 e. The van der Waals surface area contributed by atoms with E-state index in [1.54, 1.807) is 7.11 Å². The smallest absolute Gasteiger partial charge is 0.192 e. The highest BCUT2D eigenvalue weighted by atomic mass is 127. The van der Waals surface area contributed by atoms with Crippen molar-refractivity contribution in [2.75, 3.05) is 33.4 Å². The fourth-order valence-corrected chi connectivity index (χ4v) is 2.10. The van der Waals surface area contributed by atoms with Crippen LogP contribution in [0.15, 0.2) is 23.2 Å². The second-order valence-corrected chi connectivity index (χ2v) is 4.84. The number of hydrogen-bond donors (Lipinski definition) is 2. The van der Waals surface area contributed by atoms with Crippen LogP contribution in [0.25, 0.3) is 0 Å². The summed E-state index contributed by atoms with van der Waals surface area (Å²) in [5.74, 6) is 4.86. The summed E-state index contributed by atoms with van der Waals surface area (Å²) in [5.41, 5.74) is 1.21. The van der Waals surface area contributed by atoms with Crippen molar-refractivity contribution in [3.63, 3.8) is 0 Å². The van der Waals surface area contributed by atoms with Gasteiger partial charge >= 0.3 is 0 Å². The van der Waals surface area contributed by atoms with Crippen LogP contribution in [0, 0.1) is 12.3 Å². The Morgan fingerprint density at radius 2 is 2.04 bits per heavy atom. The van der Waals surface area contributed by atoms with Gasteiger partial charge < -0.3 is 20.1 Å². The van der Waals surface area contributed by atoms with Crippen molar-refractivity contribution in [1.29, 1.82) is 0 Å². The van der Waals surface area contributed by atoms with Crippen molar-refractivity contribution in [2.45, 2.75) is 26.7 Å². The van der Waals surface area contributed by atoms with Crippen LogP contribution in [0.4, 0.5) is 0 Å². The maximum atomic E-state index is 5.60. The molecule has 0 heterocycles. The maximum Gasteiger partial charge on any atom is 0.192 e. The van der Waals surface area contributed by atoms with E-state index in [4.69, 9.17) is 15.9 Å². The van der Waals surface area contributed by atoms with Gasteiger partial charge in [0.1, 0.15) is 0 Å². The molecule has 1 rings (SSSR count). The number of nitrogens with one attached hydrogen (secondary N) is 2. The van der Waals surface area contributed by atoms with Crippen molar-refractivity contribution in [3.05, 3.63) is 23.8 Å². The minimum atomic E-state index is 0. The average Bonchev–Trinajstić information content (AvgIpc) is 2.57. The van der Waals surface area contributed by atoms with E-state index < -0.39 is 0 Å². The first-order chi connectivity index (χ1) is 11.2. The number of methoxy groups -OCH3 is 1. The van der Waals surface area contributed by atoms with Crippen LogP contribution < -0.4 is 20.1 Å². The van der Waals surface area contributed by atoms with E-state index in [0.29, 0.717) is 13.2 Å². The van der Waals surface area contributed by atoms with Crippen molar-refractivity contribution in [2.24, 2.45) is 4.99 Å². The van der Waals surface area contributed by atoms with Crippen molar-refractivity contribution in [1.82, 2.24) is 10.6 Å². The lowest BCUT2D eigenvalue weighted by molar-refractivity contribution is 0.310. The zero-order valence-electron chi connectivity index (χ0n) is 14.7. The molecule has 0 amide bonds. The molecule has 1 aromatic carbocycles. The molecule has 5 nitrogen and oxygen atoms in total. The normalized spacial score (nSPS) is 10.3. The fraction of sp³-hybridized carbons (Fsp3) is 0.500. The Labute approximate surface area is 162 Å². The van der Waals surface area contributed by atoms with Gasteiger partial charge in [-0.15, -0.1) is 30.4 Å². The van der Waals surface area contributed by atoms with E-state index in [1.165, 1.54) is 5.56 Å². The number of nitrogens with zero attached hydrogens (tertiary/aromatic N) is 1. The number of aryl methyl sites for hydroxylation is 1. The van der Waals surface area contributed by atoms with E-state index in [0.717, 1.165) is 43.4 Å². The third-order valence-corrected chi connectivity index (χ3v) is 3.12. The molecular formula is C18H28IN3O2. The van der Waals surface area contributed by atoms with E-state index in [1.807, 2.05) is 26.0 Å². The second kappa shape index (κ2) is 13.8. The van der Waals surface area contributed by atoms with Crippen LogP contribution in [0.1, 0.15) is 25.8 Å². The molecule has 1 aromatic rings. The van der Waals surface area contributed by atoms with Gasteiger partial charge in [0.15, 0.2) is 17.5 Å². The van der Waals surface area contributed by atoms with Crippen LogP contribution in [-0.2, 0) is 6.42 Å². The molecule has 0 saturated carbocycles. The molecule has 24 heavy (non-hydrogen) atoms. The third kappa shape index (κ3) is 8.29. The summed E-state index contributed by atoms with van der Waals surface area (Å²) < 4.78 is 10.9. The molecule has 134 valence electrons. The van der Waals surface area contributed by atoms with E-state index >= 15 is 0 Å². The fourth-order valence-electron chi connectivity index (χ4n) is 2.10. The largest absolute Gasteiger partial charge is 0.493 e. The standard InChI is InChI=1S/C18H27N3O2.HI/c1-5-12-20-18(19-6-2)21-13-8-9-15-10-11-16(22-4)17(14-15)23-7-3;/h1,10-11,14H,6-9,12-13H2,2-4H3,(H2,19,20,21);1H. The topological polar surface area (TPSA) is 54.9 Å². The first kappa shape index (κ1) is 22.4. The molecule has 0 aliphatic rings. The average molecular weight is 445 g/mol. The Kier molecular flexibility index (Phi) is 12.9. The molecule has 0 atom stereocenters. The van der Waals surface area contributed by atoms with Gasteiger partial charge in [0, 0.05) is 13.1 Å². The lowest BCUT2D eigenvalue weighted by Crippen LogP contribution is -2.37. The van der Waals surface area contributed by atoms with Gasteiger partial charge in [-0.05, 0) is 44.4 Å². The van der Waals surface area contributed by atoms with Crippen molar-refractivity contribution >= 4 is 29.9 Å². The monoisotopic (exact) mass is 445 g/mol. The molecule has 2 N–H and O–H groups in total. The second-order valence-electron chi connectivity index (χ2n) is 4.84. The first-order valence-electron chi connectivity index (χ1n) is 8.00. The molecule has 6 heteroatoms. The van der Waals surface area contributed by atoms with Crippen molar-refractivity contribution < 1.29 is 9.47 Å². The quantitative estimate of drug-likeness (QED) is 0.202. The SMILES string of the molecule is C#CCNC(=NCCCc1ccc(OC)c(OCC)c1)NCC.I. The predicted molar refractivity (Wildman–Crippen MR) is 111 cm³/mol. The molecule has 0 fully saturated rings. The van der Waals surface area contributed by atoms with E-state index in [9.17, 15) is 0 Å². The number of halogens is 1. The highest BCUT2D eigenvalue weighted by Crippen LogP contribution is 2.28. The molecule has 0 bridgehead atoms. The Hall–Kier alpha value is -1.62. The van der Waals surface area contributed by atoms with Crippen LogP contribution in [0.3, 0.4) is 0 Å². The number of terminal acetylenes is 1. The number of ether oxygens (including phenoxy) is 2. The highest BCUT2D eigenvalue weighted by Gasteiger charge is 2.05. The number of benzene rings is 1. The van der Waals surface area contributed by atoms with Crippen molar-refractivity contribution in [3.8, 4) is 23.8 Å². The summed E-state index contributed by atoms with van der Waals surface area (Å²) in [7, 11) is 1.65. The molecule has 0 radical (unpaired) electrons. The summed E-state index contributed by atoms with van der Waals surface area (Å²) in [5, 5.41) is 6.24. The molecule has 0 aromatic heterocycles. The van der Waals surface area contributed by atoms with Crippen LogP contribution in [0.5, 0.6) is 11.5 Å². The molecular weight excluding hydrogens is 417 g/mol. The molecule has 0 saturated heterocycles. The summed E-state index contributed by atoms with van der Waals surface area (Å²) in [6.45, 7) is 6.63. The molecule has 0 aliphatic carbocycles. The Morgan fingerprint density at radius 1 is 1.25 bits per heavy atom. The molecule has 0 aliphatic heterocycles. The Bertz CT molecular complexity index is 542. The molecule has 0 unspecified atom stereocenters. The zero-order valence-corrected chi connectivity index (χ0v) is 17.1. The molecule has 0 spiro atoms. The number of guanidine groups is 1. The minimum absolute atomic E-state index is 0. The first-order valence-corrected chi connectivity index (χ1v) is 8.00. The maximum absolute atomic E-state index is 5.60. The zero-order chi connectivity index (χ0) is 16.9.